The van der Waals surface area contributed by atoms with Gasteiger partial charge in [0.25, 0.3) is 5.91 Å². The van der Waals surface area contributed by atoms with Crippen molar-refractivity contribution >= 4 is 23.9 Å². The van der Waals surface area contributed by atoms with Crippen LogP contribution < -0.4 is 10.2 Å². The summed E-state index contributed by atoms with van der Waals surface area (Å²) in [5.74, 6) is 0.865. The van der Waals surface area contributed by atoms with Gasteiger partial charge in [0.05, 0.1) is 19.1 Å². The Balaban J connectivity index is 1.51. The van der Waals surface area contributed by atoms with Crippen LogP contribution in [0, 0.1) is 6.92 Å². The number of ether oxygens (including phenoxy) is 1. The van der Waals surface area contributed by atoms with Gasteiger partial charge in [-0.3, -0.25) is 9.36 Å². The maximum atomic E-state index is 12.4. The molecule has 0 aliphatic rings. The zero-order valence-corrected chi connectivity index (χ0v) is 19.9. The summed E-state index contributed by atoms with van der Waals surface area (Å²) >= 11 is 1.22. The Kier molecular flexibility index (Phi) is 7.32. The minimum atomic E-state index is -0.353. The van der Waals surface area contributed by atoms with E-state index in [0.29, 0.717) is 16.5 Å². The zero-order valence-electron chi connectivity index (χ0n) is 19.0. The normalized spacial score (nSPS) is 11.0. The van der Waals surface area contributed by atoms with Gasteiger partial charge < -0.3 is 14.9 Å². The maximum Gasteiger partial charge on any atom is 0.250 e. The number of hydrogen-bond donors (Lipinski definition) is 3. The van der Waals surface area contributed by atoms with Gasteiger partial charge in [-0.25, -0.2) is 5.43 Å². The van der Waals surface area contributed by atoms with Gasteiger partial charge in [0.1, 0.15) is 17.2 Å². The zero-order chi connectivity index (χ0) is 24.8. The number of benzene rings is 3. The van der Waals surface area contributed by atoms with E-state index in [9.17, 15) is 15.0 Å². The van der Waals surface area contributed by atoms with Gasteiger partial charge >= 0.3 is 0 Å². The quantitative estimate of drug-likeness (QED) is 0.195. The summed E-state index contributed by atoms with van der Waals surface area (Å²) < 4.78 is 7.15. The van der Waals surface area contributed by atoms with E-state index in [1.807, 2.05) is 60.0 Å². The Morgan fingerprint density at radius 2 is 1.83 bits per heavy atom. The minimum Gasteiger partial charge on any atom is -0.508 e. The molecule has 1 aromatic heterocycles. The average Bonchev–Trinajstić information content (AvgIpc) is 3.28. The SMILES string of the molecule is COc1ccc(-c2nnc(SCC(=O)N/N=C\c3ccc(O)cc3O)n2-c2ccc(C)cc2)cc1. The summed E-state index contributed by atoms with van der Waals surface area (Å²) in [4.78, 5) is 12.4. The first-order valence-electron chi connectivity index (χ1n) is 10.6. The third-order valence-corrected chi connectivity index (χ3v) is 5.94. The van der Waals surface area contributed by atoms with Crippen LogP contribution in [0.25, 0.3) is 17.1 Å². The molecular formula is C25H23N5O4S. The van der Waals surface area contributed by atoms with Gasteiger partial charge in [0.2, 0.25) is 0 Å². The van der Waals surface area contributed by atoms with Crippen LogP contribution in [0.2, 0.25) is 0 Å². The number of hydrazone groups is 1. The summed E-state index contributed by atoms with van der Waals surface area (Å²) in [6, 6.07) is 19.6. The molecule has 1 amide bonds. The van der Waals surface area contributed by atoms with Gasteiger partial charge in [-0.1, -0.05) is 29.5 Å². The first-order chi connectivity index (χ1) is 16.9. The van der Waals surface area contributed by atoms with Crippen LogP contribution in [0.15, 0.2) is 77.0 Å². The molecule has 0 bridgehead atoms. The number of aromatic hydroxyl groups is 2. The number of nitrogens with one attached hydrogen (secondary N) is 1. The maximum absolute atomic E-state index is 12.4. The number of phenolic OH excluding ortho intramolecular Hbond substituents is 2. The van der Waals surface area contributed by atoms with E-state index in [2.05, 4.69) is 20.7 Å². The fourth-order valence-electron chi connectivity index (χ4n) is 3.19. The highest BCUT2D eigenvalue weighted by Gasteiger charge is 2.17. The van der Waals surface area contributed by atoms with Crippen molar-refractivity contribution in [3.63, 3.8) is 0 Å². The topological polar surface area (TPSA) is 122 Å². The molecule has 0 fully saturated rings. The number of amides is 1. The van der Waals surface area contributed by atoms with E-state index >= 15 is 0 Å². The summed E-state index contributed by atoms with van der Waals surface area (Å²) in [6.07, 6.45) is 1.30. The molecule has 0 saturated carbocycles. The second kappa shape index (κ2) is 10.7. The lowest BCUT2D eigenvalue weighted by Crippen LogP contribution is -2.20. The molecule has 9 nitrogen and oxygen atoms in total. The van der Waals surface area contributed by atoms with Crippen LogP contribution in [0.3, 0.4) is 0 Å². The van der Waals surface area contributed by atoms with Crippen molar-refractivity contribution in [2.45, 2.75) is 12.1 Å². The monoisotopic (exact) mass is 489 g/mol. The molecule has 3 N–H and O–H groups in total. The minimum absolute atomic E-state index is 0.0471. The van der Waals surface area contributed by atoms with Crippen molar-refractivity contribution in [3.05, 3.63) is 77.9 Å². The van der Waals surface area contributed by atoms with Crippen LogP contribution in [-0.2, 0) is 4.79 Å². The first-order valence-corrected chi connectivity index (χ1v) is 11.6. The van der Waals surface area contributed by atoms with E-state index in [1.165, 1.54) is 36.2 Å². The first kappa shape index (κ1) is 23.8. The molecule has 0 unspecified atom stereocenters. The van der Waals surface area contributed by atoms with Crippen LogP contribution in [-0.4, -0.2) is 50.0 Å². The van der Waals surface area contributed by atoms with Gasteiger partial charge in [-0.15, -0.1) is 10.2 Å². The smallest absolute Gasteiger partial charge is 0.250 e. The van der Waals surface area contributed by atoms with Crippen molar-refractivity contribution in [3.8, 4) is 34.3 Å². The molecule has 0 aliphatic carbocycles. The summed E-state index contributed by atoms with van der Waals surface area (Å²) in [5, 5.41) is 32.3. The summed E-state index contributed by atoms with van der Waals surface area (Å²) in [7, 11) is 1.61. The molecule has 3 aromatic carbocycles. The van der Waals surface area contributed by atoms with Crippen molar-refractivity contribution in [2.24, 2.45) is 5.10 Å². The van der Waals surface area contributed by atoms with Gasteiger partial charge in [0, 0.05) is 22.9 Å². The number of rotatable bonds is 8. The standard InChI is InChI=1S/C25H23N5O4S/c1-16-3-8-19(9-4-16)30-24(17-6-11-21(34-2)12-7-17)28-29-25(30)35-15-23(33)27-26-14-18-5-10-20(31)13-22(18)32/h3-14,31-32H,15H2,1-2H3,(H,27,33)/b26-14-. The third-order valence-electron chi connectivity index (χ3n) is 5.01. The highest BCUT2D eigenvalue weighted by atomic mass is 32.2. The number of nitrogens with zero attached hydrogens (tertiary/aromatic N) is 4. The number of carbonyl (C=O) groups excluding carboxylic acids is 1. The predicted octanol–water partition coefficient (Wildman–Crippen LogP) is 3.90. The van der Waals surface area contributed by atoms with E-state index in [-0.39, 0.29) is 23.2 Å². The van der Waals surface area contributed by atoms with Gasteiger partial charge in [-0.05, 0) is 55.5 Å². The predicted molar refractivity (Wildman–Crippen MR) is 134 cm³/mol. The number of aryl methyl sites for hydroxylation is 1. The van der Waals surface area contributed by atoms with Crippen LogP contribution in [0.5, 0.6) is 17.2 Å². The third kappa shape index (κ3) is 5.79. The molecule has 178 valence electrons. The van der Waals surface area contributed by atoms with Crippen molar-refractivity contribution < 1.29 is 19.7 Å². The Bertz CT molecular complexity index is 1350. The highest BCUT2D eigenvalue weighted by Crippen LogP contribution is 2.29. The molecule has 4 rings (SSSR count). The number of thioether (sulfide) groups is 1. The molecule has 0 spiro atoms. The Labute approximate surface area is 206 Å². The van der Waals surface area contributed by atoms with Crippen LogP contribution >= 0.6 is 11.8 Å². The van der Waals surface area contributed by atoms with E-state index in [4.69, 9.17) is 4.74 Å². The summed E-state index contributed by atoms with van der Waals surface area (Å²) in [5.41, 5.74) is 5.64. The molecule has 0 aliphatic heterocycles. The van der Waals surface area contributed by atoms with Crippen molar-refractivity contribution in [2.75, 3.05) is 12.9 Å². The molecule has 4 aromatic rings. The van der Waals surface area contributed by atoms with E-state index in [0.717, 1.165) is 22.6 Å². The lowest BCUT2D eigenvalue weighted by atomic mass is 10.2. The fourth-order valence-corrected chi connectivity index (χ4v) is 3.94. The van der Waals surface area contributed by atoms with Crippen LogP contribution in [0.4, 0.5) is 0 Å². The molecule has 0 radical (unpaired) electrons. The average molecular weight is 490 g/mol. The van der Waals surface area contributed by atoms with E-state index in [1.54, 1.807) is 7.11 Å². The second-order valence-electron chi connectivity index (χ2n) is 7.53. The largest absolute Gasteiger partial charge is 0.508 e. The Morgan fingerprint density at radius 1 is 1.09 bits per heavy atom. The Hall–Kier alpha value is -4.31. The highest BCUT2D eigenvalue weighted by molar-refractivity contribution is 7.99. The number of hydrogen-bond acceptors (Lipinski definition) is 8. The molecular weight excluding hydrogens is 466 g/mol. The van der Waals surface area contributed by atoms with Crippen molar-refractivity contribution in [1.82, 2.24) is 20.2 Å². The molecule has 1 heterocycles. The number of aromatic nitrogens is 3. The van der Waals surface area contributed by atoms with Gasteiger partial charge in [0.15, 0.2) is 11.0 Å². The van der Waals surface area contributed by atoms with Crippen molar-refractivity contribution in [1.29, 1.82) is 0 Å². The van der Waals surface area contributed by atoms with E-state index < -0.39 is 0 Å². The Morgan fingerprint density at radius 3 is 2.51 bits per heavy atom. The molecule has 10 heteroatoms. The molecule has 0 saturated heterocycles. The molecule has 0 atom stereocenters. The number of carbonyl (C=O) groups is 1. The van der Waals surface area contributed by atoms with Crippen LogP contribution in [0.1, 0.15) is 11.1 Å². The lowest BCUT2D eigenvalue weighted by Gasteiger charge is -2.11. The lowest BCUT2D eigenvalue weighted by molar-refractivity contribution is -0.118. The fraction of sp³-hybridized carbons (Fsp3) is 0.120. The van der Waals surface area contributed by atoms with Gasteiger partial charge in [-0.2, -0.15) is 5.10 Å². The summed E-state index contributed by atoms with van der Waals surface area (Å²) in [6.45, 7) is 2.01. The number of methoxy groups -OCH3 is 1. The molecule has 35 heavy (non-hydrogen) atoms. The number of phenols is 2. The second-order valence-corrected chi connectivity index (χ2v) is 8.47.